The minimum absolute atomic E-state index is 0. The lowest BCUT2D eigenvalue weighted by atomic mass is 10.1. The molecule has 0 bridgehead atoms. The third-order valence-corrected chi connectivity index (χ3v) is 1.54. The first-order chi connectivity index (χ1) is 5.74. The number of Topliss-reactive ketones (excluding diaryl/α,β-unsaturated/α-hetero) is 1. The van der Waals surface area contributed by atoms with Gasteiger partial charge in [0.25, 0.3) is 0 Å². The maximum atomic E-state index is 12.4. The van der Waals surface area contributed by atoms with Crippen molar-refractivity contribution in [1.29, 1.82) is 0 Å². The lowest BCUT2D eigenvalue weighted by Crippen LogP contribution is -2.07. The van der Waals surface area contributed by atoms with Gasteiger partial charge >= 0.3 is 0 Å². The highest BCUT2D eigenvalue weighted by atomic mass is 35.5. The van der Waals surface area contributed by atoms with Crippen molar-refractivity contribution in [1.82, 2.24) is 0 Å². The molecule has 0 radical (unpaired) electrons. The van der Waals surface area contributed by atoms with E-state index in [0.717, 1.165) is 0 Å². The van der Waals surface area contributed by atoms with Crippen LogP contribution in [0, 0.1) is 5.82 Å². The van der Waals surface area contributed by atoms with E-state index in [-0.39, 0.29) is 24.0 Å². The van der Waals surface area contributed by atoms with Crippen molar-refractivity contribution in [3.05, 3.63) is 35.6 Å². The smallest absolute Gasteiger partial charge is 0.164 e. The normalized spacial score (nSPS) is 9.08. The molecule has 2 nitrogen and oxygen atoms in total. The van der Waals surface area contributed by atoms with Crippen LogP contribution >= 0.6 is 12.4 Å². The molecule has 0 amide bonds. The van der Waals surface area contributed by atoms with E-state index in [4.69, 9.17) is 5.73 Å². The maximum absolute atomic E-state index is 12.4. The second-order valence-electron chi connectivity index (χ2n) is 2.47. The Kier molecular flexibility index (Phi) is 5.26. The van der Waals surface area contributed by atoms with Crippen LogP contribution < -0.4 is 5.73 Å². The first-order valence-electron chi connectivity index (χ1n) is 3.73. The monoisotopic (exact) mass is 203 g/mol. The van der Waals surface area contributed by atoms with Crippen LogP contribution in [0.1, 0.15) is 16.8 Å². The summed E-state index contributed by atoms with van der Waals surface area (Å²) in [5.41, 5.74) is 5.72. The number of benzene rings is 1. The molecule has 4 heteroatoms. The van der Waals surface area contributed by atoms with E-state index in [2.05, 4.69) is 0 Å². The molecule has 0 fully saturated rings. The van der Waals surface area contributed by atoms with E-state index in [9.17, 15) is 9.18 Å². The van der Waals surface area contributed by atoms with Crippen LogP contribution in [0.3, 0.4) is 0 Å². The van der Waals surface area contributed by atoms with Gasteiger partial charge in [0.05, 0.1) is 0 Å². The van der Waals surface area contributed by atoms with Crippen LogP contribution in [0.4, 0.5) is 4.39 Å². The van der Waals surface area contributed by atoms with Gasteiger partial charge in [-0.1, -0.05) is 0 Å². The number of nitrogens with two attached hydrogens (primary N) is 1. The number of carbonyl (C=O) groups is 1. The second-order valence-corrected chi connectivity index (χ2v) is 2.47. The van der Waals surface area contributed by atoms with Crippen molar-refractivity contribution < 1.29 is 9.18 Å². The van der Waals surface area contributed by atoms with E-state index >= 15 is 0 Å². The van der Waals surface area contributed by atoms with Crippen LogP contribution in [0.25, 0.3) is 0 Å². The molecule has 0 aliphatic heterocycles. The zero-order chi connectivity index (χ0) is 8.97. The number of hydrogen-bond acceptors (Lipinski definition) is 2. The third-order valence-electron chi connectivity index (χ3n) is 1.54. The molecule has 2 N–H and O–H groups in total. The summed E-state index contributed by atoms with van der Waals surface area (Å²) in [4.78, 5) is 11.2. The van der Waals surface area contributed by atoms with E-state index in [1.54, 1.807) is 0 Å². The fourth-order valence-corrected chi connectivity index (χ4v) is 0.911. The summed E-state index contributed by atoms with van der Waals surface area (Å²) in [6, 6.07) is 5.47. The number of halogens is 2. The first-order valence-corrected chi connectivity index (χ1v) is 3.73. The van der Waals surface area contributed by atoms with E-state index in [0.29, 0.717) is 18.5 Å². The molecule has 0 spiro atoms. The summed E-state index contributed by atoms with van der Waals surface area (Å²) in [6.45, 7) is 0.330. The van der Waals surface area contributed by atoms with Crippen molar-refractivity contribution in [2.75, 3.05) is 6.54 Å². The van der Waals surface area contributed by atoms with Crippen LogP contribution in [-0.2, 0) is 0 Å². The second kappa shape index (κ2) is 5.67. The lowest BCUT2D eigenvalue weighted by Gasteiger charge is -1.97. The molecule has 0 unspecified atom stereocenters. The predicted molar refractivity (Wildman–Crippen MR) is 51.6 cm³/mol. The molecule has 0 saturated carbocycles. The molecule has 0 atom stereocenters. The Labute approximate surface area is 82.3 Å². The highest BCUT2D eigenvalue weighted by Gasteiger charge is 2.03. The highest BCUT2D eigenvalue weighted by molar-refractivity contribution is 5.96. The Balaban J connectivity index is 0.00000144. The number of hydrogen-bond donors (Lipinski definition) is 1. The van der Waals surface area contributed by atoms with Gasteiger partial charge in [-0.2, -0.15) is 0 Å². The van der Waals surface area contributed by atoms with Crippen molar-refractivity contribution in [2.45, 2.75) is 6.42 Å². The van der Waals surface area contributed by atoms with Crippen molar-refractivity contribution >= 4 is 18.2 Å². The minimum Gasteiger partial charge on any atom is -0.330 e. The molecule has 0 aliphatic rings. The van der Waals surface area contributed by atoms with Gasteiger partial charge in [-0.3, -0.25) is 4.79 Å². The summed E-state index contributed by atoms with van der Waals surface area (Å²) in [5, 5.41) is 0. The summed E-state index contributed by atoms with van der Waals surface area (Å²) in [7, 11) is 0. The molecule has 1 aromatic rings. The molecule has 13 heavy (non-hydrogen) atoms. The fraction of sp³-hybridized carbons (Fsp3) is 0.222. The lowest BCUT2D eigenvalue weighted by molar-refractivity contribution is 0.0985. The van der Waals surface area contributed by atoms with Gasteiger partial charge in [-0.15, -0.1) is 12.4 Å². The van der Waals surface area contributed by atoms with Crippen LogP contribution in [0.5, 0.6) is 0 Å². The van der Waals surface area contributed by atoms with Gasteiger partial charge in [0.1, 0.15) is 5.82 Å². The summed E-state index contributed by atoms with van der Waals surface area (Å²) in [5.74, 6) is -0.378. The number of rotatable bonds is 3. The van der Waals surface area contributed by atoms with Gasteiger partial charge in [0.15, 0.2) is 5.78 Å². The van der Waals surface area contributed by atoms with Gasteiger partial charge in [0, 0.05) is 12.0 Å². The molecule has 1 rings (SSSR count). The minimum atomic E-state index is -0.334. The van der Waals surface area contributed by atoms with Crippen molar-refractivity contribution in [2.24, 2.45) is 5.73 Å². The standard InChI is InChI=1S/C9H10FNO.ClH/c10-8-3-1-7(2-4-8)9(12)5-6-11;/h1-4H,5-6,11H2;1H. The summed E-state index contributed by atoms with van der Waals surface area (Å²) in [6.07, 6.45) is 0.311. The molecule has 1 aromatic carbocycles. The molecular weight excluding hydrogens is 193 g/mol. The largest absolute Gasteiger partial charge is 0.330 e. The SMILES string of the molecule is Cl.NCCC(=O)c1ccc(F)cc1. The summed E-state index contributed by atoms with van der Waals surface area (Å²) < 4.78 is 12.4. The van der Waals surface area contributed by atoms with Crippen molar-refractivity contribution in [3.63, 3.8) is 0 Å². The van der Waals surface area contributed by atoms with Crippen LogP contribution in [0.15, 0.2) is 24.3 Å². The zero-order valence-corrected chi connectivity index (χ0v) is 7.81. The quantitative estimate of drug-likeness (QED) is 0.761. The molecule has 0 saturated heterocycles. The fourth-order valence-electron chi connectivity index (χ4n) is 0.911. The average molecular weight is 204 g/mol. The Morgan fingerprint density at radius 1 is 1.31 bits per heavy atom. The van der Waals surface area contributed by atoms with Gasteiger partial charge in [-0.25, -0.2) is 4.39 Å². The van der Waals surface area contributed by atoms with E-state index in [1.165, 1.54) is 24.3 Å². The Morgan fingerprint density at radius 2 is 1.85 bits per heavy atom. The van der Waals surface area contributed by atoms with E-state index < -0.39 is 0 Å². The van der Waals surface area contributed by atoms with E-state index in [1.807, 2.05) is 0 Å². The Morgan fingerprint density at radius 3 is 2.31 bits per heavy atom. The molecule has 72 valence electrons. The molecule has 0 aliphatic carbocycles. The molecule has 0 aromatic heterocycles. The van der Waals surface area contributed by atoms with Crippen LogP contribution in [0.2, 0.25) is 0 Å². The molecular formula is C9H11ClFNO. The maximum Gasteiger partial charge on any atom is 0.164 e. The number of carbonyl (C=O) groups excluding carboxylic acids is 1. The third kappa shape index (κ3) is 3.53. The molecule has 0 heterocycles. The van der Waals surface area contributed by atoms with Gasteiger partial charge < -0.3 is 5.73 Å². The topological polar surface area (TPSA) is 43.1 Å². The first kappa shape index (κ1) is 12.1. The van der Waals surface area contributed by atoms with Crippen molar-refractivity contribution in [3.8, 4) is 0 Å². The number of ketones is 1. The predicted octanol–water partition coefficient (Wildman–Crippen LogP) is 1.78. The van der Waals surface area contributed by atoms with Crippen LogP contribution in [-0.4, -0.2) is 12.3 Å². The highest BCUT2D eigenvalue weighted by Crippen LogP contribution is 2.04. The van der Waals surface area contributed by atoms with Gasteiger partial charge in [-0.05, 0) is 30.8 Å². The summed E-state index contributed by atoms with van der Waals surface area (Å²) >= 11 is 0. The zero-order valence-electron chi connectivity index (χ0n) is 7.00. The average Bonchev–Trinajstić information content (AvgIpc) is 2.06. The Hall–Kier alpha value is -0.930. The Bertz CT molecular complexity index is 273. The van der Waals surface area contributed by atoms with Gasteiger partial charge in [0.2, 0.25) is 0 Å².